The Hall–Kier alpha value is -2.25. The number of halogens is 1. The maximum Gasteiger partial charge on any atom is 0.253 e. The van der Waals surface area contributed by atoms with Crippen molar-refractivity contribution in [2.45, 2.75) is 38.1 Å². The van der Waals surface area contributed by atoms with Crippen molar-refractivity contribution in [3.05, 3.63) is 65.5 Å². The van der Waals surface area contributed by atoms with Crippen molar-refractivity contribution in [1.82, 2.24) is 9.62 Å². The van der Waals surface area contributed by atoms with Gasteiger partial charge in [0.1, 0.15) is 5.82 Å². The summed E-state index contributed by atoms with van der Waals surface area (Å²) in [6, 6.07) is 11.9. The van der Waals surface area contributed by atoms with E-state index in [0.717, 1.165) is 12.8 Å². The summed E-state index contributed by atoms with van der Waals surface area (Å²) < 4.78 is 41.2. The number of nitrogens with zero attached hydrogens (tertiary/aromatic N) is 1. The molecule has 0 atom stereocenters. The Labute approximate surface area is 160 Å². The molecule has 0 heterocycles. The number of hydrogen-bond donors (Lipinski definition) is 1. The Balaban J connectivity index is 2.19. The van der Waals surface area contributed by atoms with Crippen LogP contribution in [0.2, 0.25) is 0 Å². The standard InChI is InChI=1S/C20H25FN2O3S/c1-3-12-23(13-4-2)20(24)16-9-7-10-18(14-16)27(25,26)22-15-17-8-5-6-11-19(17)21/h5-11,14,22H,3-4,12-13,15H2,1-2H3. The monoisotopic (exact) mass is 392 g/mol. The lowest BCUT2D eigenvalue weighted by molar-refractivity contribution is 0.0755. The van der Waals surface area contributed by atoms with E-state index in [1.54, 1.807) is 29.2 Å². The number of amides is 1. The van der Waals surface area contributed by atoms with Crippen LogP contribution in [0.3, 0.4) is 0 Å². The Kier molecular flexibility index (Phi) is 7.50. The van der Waals surface area contributed by atoms with E-state index in [1.165, 1.54) is 24.3 Å². The van der Waals surface area contributed by atoms with Crippen LogP contribution >= 0.6 is 0 Å². The average Bonchev–Trinajstić information content (AvgIpc) is 2.67. The quantitative estimate of drug-likeness (QED) is 0.709. The lowest BCUT2D eigenvalue weighted by Crippen LogP contribution is -2.32. The van der Waals surface area contributed by atoms with Gasteiger partial charge in [0.25, 0.3) is 5.91 Å². The molecule has 0 aliphatic carbocycles. The molecule has 2 rings (SSSR count). The number of hydrogen-bond acceptors (Lipinski definition) is 3. The van der Waals surface area contributed by atoms with Gasteiger partial charge >= 0.3 is 0 Å². The molecule has 0 spiro atoms. The Bertz CT molecular complexity index is 878. The number of rotatable bonds is 9. The van der Waals surface area contributed by atoms with Gasteiger partial charge in [-0.3, -0.25) is 4.79 Å². The normalized spacial score (nSPS) is 11.4. The molecule has 0 saturated carbocycles. The summed E-state index contributed by atoms with van der Waals surface area (Å²) in [6.45, 7) is 5.06. The molecule has 1 N–H and O–H groups in total. The van der Waals surface area contributed by atoms with Crippen LogP contribution in [0.4, 0.5) is 4.39 Å². The highest BCUT2D eigenvalue weighted by Gasteiger charge is 2.19. The fraction of sp³-hybridized carbons (Fsp3) is 0.350. The van der Waals surface area contributed by atoms with Crippen LogP contribution in [0.5, 0.6) is 0 Å². The molecular formula is C20H25FN2O3S. The third-order valence-corrected chi connectivity index (χ3v) is 5.47. The molecule has 0 aromatic heterocycles. The van der Waals surface area contributed by atoms with Crippen molar-refractivity contribution in [2.24, 2.45) is 0 Å². The largest absolute Gasteiger partial charge is 0.339 e. The van der Waals surface area contributed by atoms with Crippen molar-refractivity contribution >= 4 is 15.9 Å². The van der Waals surface area contributed by atoms with Gasteiger partial charge in [-0.05, 0) is 37.1 Å². The zero-order valence-electron chi connectivity index (χ0n) is 15.6. The van der Waals surface area contributed by atoms with Crippen molar-refractivity contribution in [1.29, 1.82) is 0 Å². The van der Waals surface area contributed by atoms with E-state index in [0.29, 0.717) is 18.7 Å². The van der Waals surface area contributed by atoms with E-state index in [9.17, 15) is 17.6 Å². The Morgan fingerprint density at radius 3 is 2.33 bits per heavy atom. The first kappa shape index (κ1) is 21.1. The molecule has 0 radical (unpaired) electrons. The fourth-order valence-corrected chi connectivity index (χ4v) is 3.78. The zero-order chi connectivity index (χ0) is 19.9. The minimum atomic E-state index is -3.87. The van der Waals surface area contributed by atoms with Gasteiger partial charge in [0.2, 0.25) is 10.0 Å². The Morgan fingerprint density at radius 1 is 1.04 bits per heavy atom. The maximum absolute atomic E-state index is 13.7. The SMILES string of the molecule is CCCN(CCC)C(=O)c1cccc(S(=O)(=O)NCc2ccccc2F)c1. The lowest BCUT2D eigenvalue weighted by Gasteiger charge is -2.21. The fourth-order valence-electron chi connectivity index (χ4n) is 2.73. The van der Waals surface area contributed by atoms with Gasteiger partial charge in [0.05, 0.1) is 4.90 Å². The van der Waals surface area contributed by atoms with Crippen molar-refractivity contribution in [2.75, 3.05) is 13.1 Å². The highest BCUT2D eigenvalue weighted by Crippen LogP contribution is 2.15. The van der Waals surface area contributed by atoms with Crippen LogP contribution in [0.1, 0.15) is 42.6 Å². The molecule has 0 fully saturated rings. The molecule has 1 amide bonds. The summed E-state index contributed by atoms with van der Waals surface area (Å²) in [7, 11) is -3.87. The van der Waals surface area contributed by atoms with Crippen molar-refractivity contribution in [3.63, 3.8) is 0 Å². The van der Waals surface area contributed by atoms with Crippen molar-refractivity contribution in [3.8, 4) is 0 Å². The van der Waals surface area contributed by atoms with Gasteiger partial charge in [-0.25, -0.2) is 17.5 Å². The second kappa shape index (κ2) is 9.62. The highest BCUT2D eigenvalue weighted by molar-refractivity contribution is 7.89. The van der Waals surface area contributed by atoms with E-state index >= 15 is 0 Å². The first-order chi connectivity index (χ1) is 12.9. The van der Waals surface area contributed by atoms with E-state index in [2.05, 4.69) is 4.72 Å². The summed E-state index contributed by atoms with van der Waals surface area (Å²) in [5.74, 6) is -0.663. The summed E-state index contributed by atoms with van der Waals surface area (Å²) in [5, 5.41) is 0. The second-order valence-electron chi connectivity index (χ2n) is 6.24. The van der Waals surface area contributed by atoms with Crippen LogP contribution in [-0.2, 0) is 16.6 Å². The van der Waals surface area contributed by atoms with E-state index in [1.807, 2.05) is 13.8 Å². The van der Waals surface area contributed by atoms with Gasteiger partial charge in [0.15, 0.2) is 0 Å². The molecule has 0 unspecified atom stereocenters. The zero-order valence-corrected chi connectivity index (χ0v) is 16.4. The molecule has 0 aliphatic heterocycles. The number of carbonyl (C=O) groups excluding carboxylic acids is 1. The molecule has 5 nitrogen and oxygen atoms in total. The maximum atomic E-state index is 13.7. The third-order valence-electron chi connectivity index (χ3n) is 4.08. The minimum Gasteiger partial charge on any atom is -0.339 e. The summed E-state index contributed by atoms with van der Waals surface area (Å²) in [6.07, 6.45) is 1.65. The van der Waals surface area contributed by atoms with E-state index in [-0.39, 0.29) is 22.9 Å². The van der Waals surface area contributed by atoms with Crippen LogP contribution < -0.4 is 4.72 Å². The number of sulfonamides is 1. The van der Waals surface area contributed by atoms with Crippen molar-refractivity contribution < 1.29 is 17.6 Å². The van der Waals surface area contributed by atoms with Crippen LogP contribution in [-0.4, -0.2) is 32.3 Å². The molecule has 27 heavy (non-hydrogen) atoms. The summed E-state index contributed by atoms with van der Waals surface area (Å²) in [4.78, 5) is 14.4. The smallest absolute Gasteiger partial charge is 0.253 e. The van der Waals surface area contributed by atoms with E-state index in [4.69, 9.17) is 0 Å². The molecule has 0 bridgehead atoms. The van der Waals surface area contributed by atoms with Crippen LogP contribution in [0, 0.1) is 5.82 Å². The number of nitrogens with one attached hydrogen (secondary N) is 1. The topological polar surface area (TPSA) is 66.5 Å². The first-order valence-electron chi connectivity index (χ1n) is 9.01. The average molecular weight is 392 g/mol. The van der Waals surface area contributed by atoms with Gasteiger partial charge in [-0.1, -0.05) is 38.1 Å². The van der Waals surface area contributed by atoms with Crippen LogP contribution in [0.15, 0.2) is 53.4 Å². The molecule has 7 heteroatoms. The molecule has 146 valence electrons. The van der Waals surface area contributed by atoms with Gasteiger partial charge < -0.3 is 4.90 Å². The first-order valence-corrected chi connectivity index (χ1v) is 10.5. The molecule has 0 saturated heterocycles. The second-order valence-corrected chi connectivity index (χ2v) is 8.00. The van der Waals surface area contributed by atoms with Crippen LogP contribution in [0.25, 0.3) is 0 Å². The molecule has 0 aliphatic rings. The number of carbonyl (C=O) groups is 1. The van der Waals surface area contributed by atoms with E-state index < -0.39 is 15.8 Å². The minimum absolute atomic E-state index is 0.0161. The lowest BCUT2D eigenvalue weighted by atomic mass is 10.2. The van der Waals surface area contributed by atoms with Gasteiger partial charge in [-0.15, -0.1) is 0 Å². The summed E-state index contributed by atoms with van der Waals surface area (Å²) >= 11 is 0. The predicted molar refractivity (Wildman–Crippen MR) is 103 cm³/mol. The molecular weight excluding hydrogens is 367 g/mol. The molecule has 2 aromatic rings. The molecule has 2 aromatic carbocycles. The Morgan fingerprint density at radius 2 is 1.70 bits per heavy atom. The third kappa shape index (κ3) is 5.61. The van der Waals surface area contributed by atoms with Gasteiger partial charge in [-0.2, -0.15) is 0 Å². The van der Waals surface area contributed by atoms with Gasteiger partial charge in [0, 0.05) is 30.8 Å². The number of benzene rings is 2. The summed E-state index contributed by atoms with van der Waals surface area (Å²) in [5.41, 5.74) is 0.580. The predicted octanol–water partition coefficient (Wildman–Crippen LogP) is 3.57. The highest BCUT2D eigenvalue weighted by atomic mass is 32.2.